The molecule has 1 aromatic rings. The van der Waals surface area contributed by atoms with Gasteiger partial charge in [0.05, 0.1) is 12.7 Å². The van der Waals surface area contributed by atoms with E-state index in [-0.39, 0.29) is 27.8 Å². The number of halogens is 1. The summed E-state index contributed by atoms with van der Waals surface area (Å²) < 4.78 is 30.9. The summed E-state index contributed by atoms with van der Waals surface area (Å²) in [6.45, 7) is 0. The molecule has 20 heavy (non-hydrogen) atoms. The molecule has 0 amide bonds. The minimum Gasteiger partial charge on any atom is -0.497 e. The lowest BCUT2D eigenvalue weighted by Crippen LogP contribution is -2.32. The van der Waals surface area contributed by atoms with Crippen molar-refractivity contribution in [2.45, 2.75) is 36.2 Å². The Bertz CT molecular complexity index is 556. The average molecular weight is 296 g/mol. The van der Waals surface area contributed by atoms with Gasteiger partial charge in [-0.25, -0.2) is 4.39 Å². The maximum atomic E-state index is 14.0. The Morgan fingerprint density at radius 3 is 2.50 bits per heavy atom. The van der Waals surface area contributed by atoms with E-state index in [2.05, 4.69) is 0 Å². The van der Waals surface area contributed by atoms with Crippen molar-refractivity contribution in [3.05, 3.63) is 29.6 Å². The topological polar surface area (TPSA) is 43.4 Å². The van der Waals surface area contributed by atoms with Crippen LogP contribution in [0, 0.1) is 11.7 Å². The predicted octanol–water partition coefficient (Wildman–Crippen LogP) is 2.71. The fourth-order valence-electron chi connectivity index (χ4n) is 3.29. The van der Waals surface area contributed by atoms with Gasteiger partial charge in [0, 0.05) is 33.3 Å². The molecule has 0 N–H and O–H groups in total. The van der Waals surface area contributed by atoms with Crippen molar-refractivity contribution in [1.82, 2.24) is 0 Å². The van der Waals surface area contributed by atoms with Crippen molar-refractivity contribution in [1.29, 1.82) is 0 Å². The lowest BCUT2D eigenvalue weighted by Gasteiger charge is -2.26. The number of ether oxygens (including phenoxy) is 1. The van der Waals surface area contributed by atoms with Crippen LogP contribution in [0.2, 0.25) is 0 Å². The minimum atomic E-state index is -0.789. The molecule has 0 saturated carbocycles. The van der Waals surface area contributed by atoms with Crippen LogP contribution in [0.1, 0.15) is 36.0 Å². The molecule has 2 aliphatic heterocycles. The molecule has 0 aromatic heterocycles. The summed E-state index contributed by atoms with van der Waals surface area (Å²) in [6, 6.07) is 4.33. The van der Waals surface area contributed by atoms with E-state index in [1.54, 1.807) is 6.07 Å². The molecule has 3 rings (SSSR count). The van der Waals surface area contributed by atoms with E-state index in [0.717, 1.165) is 12.8 Å². The van der Waals surface area contributed by atoms with Gasteiger partial charge in [0.25, 0.3) is 0 Å². The molecule has 0 spiro atoms. The number of carbonyl (C=O) groups is 1. The monoisotopic (exact) mass is 296 g/mol. The van der Waals surface area contributed by atoms with Crippen LogP contribution in [-0.2, 0) is 10.8 Å². The third kappa shape index (κ3) is 2.28. The molecule has 2 bridgehead atoms. The van der Waals surface area contributed by atoms with Crippen LogP contribution in [0.4, 0.5) is 4.39 Å². The second-order valence-corrected chi connectivity index (χ2v) is 7.52. The van der Waals surface area contributed by atoms with Gasteiger partial charge in [-0.2, -0.15) is 0 Å². The Labute approximate surface area is 120 Å². The fraction of sp³-hybridized carbons (Fsp3) is 0.533. The summed E-state index contributed by atoms with van der Waals surface area (Å²) >= 11 is 0. The van der Waals surface area contributed by atoms with Crippen molar-refractivity contribution in [3.8, 4) is 5.75 Å². The van der Waals surface area contributed by atoms with Gasteiger partial charge in [-0.3, -0.25) is 9.00 Å². The highest BCUT2D eigenvalue weighted by molar-refractivity contribution is 7.86. The Hall–Kier alpha value is -1.23. The fourth-order valence-corrected chi connectivity index (χ4v) is 5.41. The first kappa shape index (κ1) is 13.7. The largest absolute Gasteiger partial charge is 0.497 e. The van der Waals surface area contributed by atoms with Gasteiger partial charge in [-0.05, 0) is 37.8 Å². The molecule has 2 aliphatic rings. The standard InChI is InChI=1S/C15H17FO3S/c1-19-10-2-5-13(14(16)8-10)15(17)9-6-11-3-4-12(7-9)20(11)18/h2,5,8-9,11-12H,3-4,6-7H2,1H3. The summed E-state index contributed by atoms with van der Waals surface area (Å²) in [7, 11) is 0.674. The molecule has 5 heteroatoms. The van der Waals surface area contributed by atoms with Gasteiger partial charge in [0.2, 0.25) is 0 Å². The van der Waals surface area contributed by atoms with Crippen molar-refractivity contribution >= 4 is 16.6 Å². The summed E-state index contributed by atoms with van der Waals surface area (Å²) in [4.78, 5) is 12.5. The molecule has 3 nitrogen and oxygen atoms in total. The second-order valence-electron chi connectivity index (χ2n) is 5.53. The molecule has 2 fully saturated rings. The molecule has 0 aliphatic carbocycles. The van der Waals surface area contributed by atoms with Crippen molar-refractivity contribution in [2.24, 2.45) is 5.92 Å². The van der Waals surface area contributed by atoms with Gasteiger partial charge in [-0.1, -0.05) is 0 Å². The van der Waals surface area contributed by atoms with E-state index in [1.807, 2.05) is 0 Å². The smallest absolute Gasteiger partial charge is 0.168 e. The third-order valence-electron chi connectivity index (χ3n) is 4.38. The van der Waals surface area contributed by atoms with E-state index in [0.29, 0.717) is 18.6 Å². The molecule has 2 atom stereocenters. The maximum absolute atomic E-state index is 14.0. The second kappa shape index (κ2) is 5.28. The summed E-state index contributed by atoms with van der Waals surface area (Å²) in [5, 5.41) is 0.257. The first-order chi connectivity index (χ1) is 9.60. The molecule has 1 aromatic carbocycles. The quantitative estimate of drug-likeness (QED) is 0.806. The highest BCUT2D eigenvalue weighted by Crippen LogP contribution is 2.40. The minimum absolute atomic E-state index is 0.128. The molecule has 108 valence electrons. The van der Waals surface area contributed by atoms with Crippen LogP contribution in [-0.4, -0.2) is 27.6 Å². The van der Waals surface area contributed by atoms with Crippen LogP contribution < -0.4 is 4.74 Å². The van der Waals surface area contributed by atoms with Gasteiger partial charge < -0.3 is 4.74 Å². The van der Waals surface area contributed by atoms with E-state index < -0.39 is 16.6 Å². The Morgan fingerprint density at radius 1 is 1.30 bits per heavy atom. The zero-order chi connectivity index (χ0) is 14.3. The van der Waals surface area contributed by atoms with Crippen molar-refractivity contribution in [3.63, 3.8) is 0 Å². The highest BCUT2D eigenvalue weighted by atomic mass is 32.2. The van der Waals surface area contributed by atoms with Crippen LogP contribution in [0.25, 0.3) is 0 Å². The summed E-state index contributed by atoms with van der Waals surface area (Å²) in [6.07, 6.45) is 3.14. The average Bonchev–Trinajstić information content (AvgIpc) is 2.67. The number of carbonyl (C=O) groups excluding carboxylic acids is 1. The lowest BCUT2D eigenvalue weighted by molar-refractivity contribution is 0.0902. The number of hydrogen-bond acceptors (Lipinski definition) is 3. The summed E-state index contributed by atoms with van der Waals surface area (Å²) in [5.74, 6) is -0.468. The number of Topliss-reactive ketones (excluding diaryl/α,β-unsaturated/α-hetero) is 1. The molecule has 0 radical (unpaired) electrons. The first-order valence-electron chi connectivity index (χ1n) is 6.87. The number of rotatable bonds is 3. The zero-order valence-corrected chi connectivity index (χ0v) is 12.1. The third-order valence-corrected chi connectivity index (χ3v) is 6.55. The van der Waals surface area contributed by atoms with E-state index >= 15 is 0 Å². The predicted molar refractivity (Wildman–Crippen MR) is 75.0 cm³/mol. The molecular formula is C15H17FO3S. The normalized spacial score (nSPS) is 32.1. The first-order valence-corrected chi connectivity index (χ1v) is 8.15. The molecule has 2 saturated heterocycles. The number of methoxy groups -OCH3 is 1. The molecular weight excluding hydrogens is 279 g/mol. The highest BCUT2D eigenvalue weighted by Gasteiger charge is 2.43. The number of hydrogen-bond donors (Lipinski definition) is 0. The van der Waals surface area contributed by atoms with Crippen LogP contribution in [0.5, 0.6) is 5.75 Å². The SMILES string of the molecule is COc1ccc(C(=O)C2CC3CCC(C2)S3=O)c(F)c1. The molecule has 2 heterocycles. The Morgan fingerprint density at radius 2 is 1.95 bits per heavy atom. The van der Waals surface area contributed by atoms with Crippen LogP contribution >= 0.6 is 0 Å². The van der Waals surface area contributed by atoms with Gasteiger partial charge in [-0.15, -0.1) is 0 Å². The van der Waals surface area contributed by atoms with E-state index in [4.69, 9.17) is 4.74 Å². The van der Waals surface area contributed by atoms with Gasteiger partial charge in [0.1, 0.15) is 11.6 Å². The van der Waals surface area contributed by atoms with E-state index in [9.17, 15) is 13.4 Å². The van der Waals surface area contributed by atoms with Crippen molar-refractivity contribution < 1.29 is 18.1 Å². The van der Waals surface area contributed by atoms with Gasteiger partial charge >= 0.3 is 0 Å². The number of fused-ring (bicyclic) bond motifs is 2. The van der Waals surface area contributed by atoms with Gasteiger partial charge in [0.15, 0.2) is 5.78 Å². The van der Waals surface area contributed by atoms with Crippen LogP contribution in [0.15, 0.2) is 18.2 Å². The Balaban J connectivity index is 1.81. The lowest BCUT2D eigenvalue weighted by atomic mass is 9.90. The van der Waals surface area contributed by atoms with E-state index in [1.165, 1.54) is 19.2 Å². The van der Waals surface area contributed by atoms with Crippen LogP contribution in [0.3, 0.4) is 0 Å². The molecule has 2 unspecified atom stereocenters. The summed E-state index contributed by atoms with van der Waals surface area (Å²) in [5.41, 5.74) is 0.128. The maximum Gasteiger partial charge on any atom is 0.168 e. The zero-order valence-electron chi connectivity index (χ0n) is 11.3. The number of benzene rings is 1. The number of ketones is 1. The van der Waals surface area contributed by atoms with Crippen molar-refractivity contribution in [2.75, 3.05) is 7.11 Å². The Kier molecular flexibility index (Phi) is 3.63.